The predicted molar refractivity (Wildman–Crippen MR) is 83.9 cm³/mol. The third-order valence-electron chi connectivity index (χ3n) is 3.08. The second-order valence-electron chi connectivity index (χ2n) is 5.68. The molecule has 0 aliphatic carbocycles. The molecule has 7 nitrogen and oxygen atoms in total. The first kappa shape index (κ1) is 21.7. The Kier molecular flexibility index (Phi) is 6.64. The number of carbonyl (C=O) groups excluding carboxylic acids is 2. The zero-order valence-corrected chi connectivity index (χ0v) is 14.9. The number of benzene rings is 1. The van der Waals surface area contributed by atoms with Crippen molar-refractivity contribution < 1.29 is 41.0 Å². The number of ether oxygens (including phenoxy) is 1. The molecule has 0 fully saturated rings. The Morgan fingerprint density at radius 1 is 1.27 bits per heavy atom. The highest BCUT2D eigenvalue weighted by Gasteiger charge is 2.48. The second-order valence-corrected chi connectivity index (χ2v) is 7.59. The summed E-state index contributed by atoms with van der Waals surface area (Å²) in [4.78, 5) is 22.1. The Morgan fingerprint density at radius 3 is 2.31 bits per heavy atom. The smallest absolute Gasteiger partial charge is 0.501 e. The molecule has 146 valence electrons. The average molecular weight is 397 g/mol. The van der Waals surface area contributed by atoms with Gasteiger partial charge in [-0.05, 0) is 31.5 Å². The quantitative estimate of drug-likeness (QED) is 0.707. The number of alkyl halides is 3. The van der Waals surface area contributed by atoms with Gasteiger partial charge in [0.25, 0.3) is 9.84 Å². The summed E-state index contributed by atoms with van der Waals surface area (Å²) < 4.78 is 67.0. The van der Waals surface area contributed by atoms with Crippen LogP contribution in [0.3, 0.4) is 0 Å². The fourth-order valence-corrected chi connectivity index (χ4v) is 3.08. The van der Waals surface area contributed by atoms with Gasteiger partial charge in [0.15, 0.2) is 0 Å². The minimum atomic E-state index is -5.78. The molecular weight excluding hydrogens is 379 g/mol. The maximum absolute atomic E-state index is 12.9. The van der Waals surface area contributed by atoms with Gasteiger partial charge < -0.3 is 15.2 Å². The van der Waals surface area contributed by atoms with Crippen molar-refractivity contribution in [3.05, 3.63) is 23.8 Å². The number of aromatic hydroxyl groups is 1. The fraction of sp³-hybridized carbons (Fsp3) is 0.467. The maximum Gasteiger partial charge on any atom is 0.501 e. The summed E-state index contributed by atoms with van der Waals surface area (Å²) in [7, 11) is -5.78. The molecule has 0 saturated carbocycles. The molecule has 1 aromatic rings. The molecule has 0 aliphatic rings. The van der Waals surface area contributed by atoms with Gasteiger partial charge in [-0.2, -0.15) is 13.2 Å². The first-order valence-electron chi connectivity index (χ1n) is 7.36. The highest BCUT2D eigenvalue weighted by Crippen LogP contribution is 2.34. The van der Waals surface area contributed by atoms with E-state index in [4.69, 9.17) is 4.74 Å². The van der Waals surface area contributed by atoms with Crippen molar-refractivity contribution in [1.82, 2.24) is 5.32 Å². The van der Waals surface area contributed by atoms with Crippen molar-refractivity contribution in [2.45, 2.75) is 49.7 Å². The van der Waals surface area contributed by atoms with Gasteiger partial charge in [-0.1, -0.05) is 6.07 Å². The van der Waals surface area contributed by atoms with Gasteiger partial charge in [-0.3, -0.25) is 4.79 Å². The minimum Gasteiger partial charge on any atom is -0.508 e. The van der Waals surface area contributed by atoms with Crippen molar-refractivity contribution in [1.29, 1.82) is 0 Å². The topological polar surface area (TPSA) is 110 Å². The molecule has 0 unspecified atom stereocenters. The zero-order valence-electron chi connectivity index (χ0n) is 14.1. The van der Waals surface area contributed by atoms with Crippen LogP contribution in [0.25, 0.3) is 0 Å². The van der Waals surface area contributed by atoms with Crippen LogP contribution in [-0.4, -0.2) is 43.1 Å². The SMILES string of the molecule is CC(=O)N[C@@H](Cc1ccc(O)cc1S(=O)(=O)C(F)(F)F)C(=O)OC(C)C. The molecular formula is C15H18F3NO6S. The number of carbonyl (C=O) groups is 2. The normalized spacial score (nSPS) is 13.3. The lowest BCUT2D eigenvalue weighted by atomic mass is 10.1. The molecule has 1 atom stereocenters. The van der Waals surface area contributed by atoms with Crippen molar-refractivity contribution in [2.75, 3.05) is 0 Å². The van der Waals surface area contributed by atoms with E-state index in [1.165, 1.54) is 13.8 Å². The third kappa shape index (κ3) is 5.35. The van der Waals surface area contributed by atoms with Crippen molar-refractivity contribution >= 4 is 21.7 Å². The molecule has 1 aromatic carbocycles. The van der Waals surface area contributed by atoms with Crippen LogP contribution in [0.2, 0.25) is 0 Å². The Bertz CT molecular complexity index is 789. The van der Waals surface area contributed by atoms with E-state index in [0.29, 0.717) is 6.07 Å². The number of nitrogens with one attached hydrogen (secondary N) is 1. The maximum atomic E-state index is 12.9. The lowest BCUT2D eigenvalue weighted by Gasteiger charge is -2.20. The lowest BCUT2D eigenvalue weighted by Crippen LogP contribution is -2.43. The van der Waals surface area contributed by atoms with Crippen LogP contribution in [0.15, 0.2) is 23.1 Å². The van der Waals surface area contributed by atoms with Gasteiger partial charge in [0, 0.05) is 13.3 Å². The van der Waals surface area contributed by atoms with E-state index in [1.807, 2.05) is 0 Å². The van der Waals surface area contributed by atoms with Crippen LogP contribution in [0.1, 0.15) is 26.3 Å². The van der Waals surface area contributed by atoms with Gasteiger partial charge in [0.2, 0.25) is 5.91 Å². The number of halogens is 3. The molecule has 0 aliphatic heterocycles. The average Bonchev–Trinajstić information content (AvgIpc) is 2.45. The first-order chi connectivity index (χ1) is 11.8. The minimum absolute atomic E-state index is 0.403. The summed E-state index contributed by atoms with van der Waals surface area (Å²) in [6.07, 6.45) is -1.13. The summed E-state index contributed by atoms with van der Waals surface area (Å²) in [6, 6.07) is 0.951. The van der Waals surface area contributed by atoms with E-state index in [1.54, 1.807) is 0 Å². The molecule has 0 spiro atoms. The van der Waals surface area contributed by atoms with Gasteiger partial charge >= 0.3 is 11.5 Å². The van der Waals surface area contributed by atoms with Crippen molar-refractivity contribution in [2.24, 2.45) is 0 Å². The van der Waals surface area contributed by atoms with Crippen LogP contribution in [-0.2, 0) is 30.6 Å². The molecule has 26 heavy (non-hydrogen) atoms. The number of phenols is 1. The second kappa shape index (κ2) is 7.94. The number of hydrogen-bond acceptors (Lipinski definition) is 6. The van der Waals surface area contributed by atoms with Crippen LogP contribution in [0.5, 0.6) is 5.75 Å². The Hall–Kier alpha value is -2.30. The third-order valence-corrected chi connectivity index (χ3v) is 4.65. The molecule has 2 N–H and O–H groups in total. The van der Waals surface area contributed by atoms with Gasteiger partial charge in [0.1, 0.15) is 11.8 Å². The number of amides is 1. The molecule has 0 saturated heterocycles. The number of hydrogen-bond donors (Lipinski definition) is 2. The predicted octanol–water partition coefficient (Wildman–Crippen LogP) is 1.68. The summed E-state index contributed by atoms with van der Waals surface area (Å²) >= 11 is 0. The summed E-state index contributed by atoms with van der Waals surface area (Å²) in [5, 5.41) is 11.6. The van der Waals surface area contributed by atoms with E-state index in [9.17, 15) is 36.3 Å². The zero-order chi connectivity index (χ0) is 20.3. The Morgan fingerprint density at radius 2 is 1.85 bits per heavy atom. The van der Waals surface area contributed by atoms with E-state index >= 15 is 0 Å². The number of sulfone groups is 1. The van der Waals surface area contributed by atoms with E-state index in [2.05, 4.69) is 5.32 Å². The molecule has 0 heterocycles. The van der Waals surface area contributed by atoms with E-state index in [-0.39, 0.29) is 0 Å². The Balaban J connectivity index is 3.37. The summed E-state index contributed by atoms with van der Waals surface area (Å²) in [6.45, 7) is 4.14. The highest BCUT2D eigenvalue weighted by atomic mass is 32.2. The molecule has 0 bridgehead atoms. The van der Waals surface area contributed by atoms with Gasteiger partial charge in [-0.15, -0.1) is 0 Å². The molecule has 1 amide bonds. The standard InChI is InChI=1S/C15H18F3NO6S/c1-8(2)25-14(22)12(19-9(3)20)6-10-4-5-11(21)7-13(10)26(23,24)15(16,17)18/h4-5,7-8,12,21H,6H2,1-3H3,(H,19,20)/t12-/m0/s1. The monoisotopic (exact) mass is 397 g/mol. The fourth-order valence-electron chi connectivity index (χ4n) is 2.06. The molecule has 0 radical (unpaired) electrons. The first-order valence-corrected chi connectivity index (χ1v) is 8.85. The molecule has 11 heteroatoms. The summed E-state index contributed by atoms with van der Waals surface area (Å²) in [5.41, 5.74) is -6.00. The highest BCUT2D eigenvalue weighted by molar-refractivity contribution is 7.92. The number of rotatable bonds is 6. The van der Waals surface area contributed by atoms with Crippen LogP contribution < -0.4 is 5.32 Å². The van der Waals surface area contributed by atoms with Gasteiger partial charge in [0.05, 0.1) is 11.0 Å². The number of esters is 1. The lowest BCUT2D eigenvalue weighted by molar-refractivity contribution is -0.151. The molecule has 0 aromatic heterocycles. The van der Waals surface area contributed by atoms with Crippen LogP contribution in [0.4, 0.5) is 13.2 Å². The Labute approximate surface area is 148 Å². The van der Waals surface area contributed by atoms with Crippen molar-refractivity contribution in [3.63, 3.8) is 0 Å². The van der Waals surface area contributed by atoms with E-state index < -0.39 is 62.0 Å². The van der Waals surface area contributed by atoms with Crippen LogP contribution in [0, 0.1) is 0 Å². The summed E-state index contributed by atoms with van der Waals surface area (Å²) in [5.74, 6) is -2.29. The van der Waals surface area contributed by atoms with Crippen LogP contribution >= 0.6 is 0 Å². The van der Waals surface area contributed by atoms with Crippen molar-refractivity contribution in [3.8, 4) is 5.75 Å². The van der Waals surface area contributed by atoms with E-state index in [0.717, 1.165) is 19.1 Å². The number of phenolic OH excluding ortho intramolecular Hbond substituents is 1. The largest absolute Gasteiger partial charge is 0.508 e. The molecule has 1 rings (SSSR count). The van der Waals surface area contributed by atoms with Gasteiger partial charge in [-0.25, -0.2) is 13.2 Å².